The normalized spacial score (nSPS) is 15.8. The summed E-state index contributed by atoms with van der Waals surface area (Å²) in [6.45, 7) is 10.2. The minimum absolute atomic E-state index is 0.0317. The quantitative estimate of drug-likeness (QED) is 0.318. The van der Waals surface area contributed by atoms with Crippen LogP contribution in [0.3, 0.4) is 0 Å². The van der Waals surface area contributed by atoms with Gasteiger partial charge in [0.25, 0.3) is 0 Å². The number of ether oxygens (including phenoxy) is 2. The van der Waals surface area contributed by atoms with Crippen LogP contribution in [0.2, 0.25) is 0 Å². The van der Waals surface area contributed by atoms with Crippen LogP contribution < -0.4 is 0 Å². The first-order valence-corrected chi connectivity index (χ1v) is 6.10. The van der Waals surface area contributed by atoms with Gasteiger partial charge in [0, 0.05) is 6.42 Å². The molecule has 2 N–H and O–H groups in total. The highest BCUT2D eigenvalue weighted by Crippen LogP contribution is 2.21. The zero-order chi connectivity index (χ0) is 15.2. The topological polar surface area (TPSA) is 76.0 Å². The number of aliphatic hydroxyl groups is 2. The Hall–Kier alpha value is -1.17. The number of hydrogen-bond acceptors (Lipinski definition) is 5. The summed E-state index contributed by atoms with van der Waals surface area (Å²) >= 11 is 0. The minimum Gasteiger partial charge on any atom is -0.466 e. The van der Waals surface area contributed by atoms with E-state index < -0.39 is 24.0 Å². The molecule has 0 aromatic rings. The van der Waals surface area contributed by atoms with E-state index in [-0.39, 0.29) is 12.0 Å². The lowest BCUT2D eigenvalue weighted by Crippen LogP contribution is -2.34. The van der Waals surface area contributed by atoms with Crippen LogP contribution in [-0.4, -0.2) is 41.3 Å². The van der Waals surface area contributed by atoms with Crippen molar-refractivity contribution in [2.24, 2.45) is 0 Å². The molecule has 0 aliphatic rings. The van der Waals surface area contributed by atoms with E-state index in [1.807, 2.05) is 19.9 Å². The molecule has 0 radical (unpaired) electrons. The number of rotatable bonds is 7. The van der Waals surface area contributed by atoms with Crippen molar-refractivity contribution in [3.05, 3.63) is 23.8 Å². The van der Waals surface area contributed by atoms with Crippen LogP contribution in [0, 0.1) is 0 Å². The van der Waals surface area contributed by atoms with Gasteiger partial charge in [0.15, 0.2) is 5.79 Å². The van der Waals surface area contributed by atoms with Crippen molar-refractivity contribution in [2.45, 2.75) is 52.1 Å². The molecule has 1 unspecified atom stereocenters. The first-order valence-electron chi connectivity index (χ1n) is 6.10. The number of hydrogen-bond donors (Lipinski definition) is 2. The third kappa shape index (κ3) is 6.52. The van der Waals surface area contributed by atoms with Crippen molar-refractivity contribution in [3.8, 4) is 0 Å². The largest absolute Gasteiger partial charge is 0.466 e. The average Bonchev–Trinajstić information content (AvgIpc) is 2.33. The summed E-state index contributed by atoms with van der Waals surface area (Å²) < 4.78 is 9.96. The molecule has 0 spiro atoms. The molecule has 2 atom stereocenters. The van der Waals surface area contributed by atoms with Crippen LogP contribution in [-0.2, 0) is 14.3 Å². The summed E-state index contributed by atoms with van der Waals surface area (Å²) in [4.78, 5) is 11.3. The molecule has 19 heavy (non-hydrogen) atoms. The molecule has 0 aliphatic heterocycles. The van der Waals surface area contributed by atoms with Crippen molar-refractivity contribution in [2.75, 3.05) is 7.11 Å². The summed E-state index contributed by atoms with van der Waals surface area (Å²) in [5.41, 5.74) is 0.814. The number of carbonyl (C=O) groups excluding carboxylic acids is 1. The van der Waals surface area contributed by atoms with Gasteiger partial charge in [0.1, 0.15) is 0 Å². The van der Waals surface area contributed by atoms with E-state index in [0.717, 1.165) is 5.57 Å². The Bertz CT molecular complexity index is 351. The van der Waals surface area contributed by atoms with Crippen molar-refractivity contribution in [1.82, 2.24) is 0 Å². The molecule has 5 nitrogen and oxygen atoms in total. The smallest absolute Gasteiger partial charge is 0.335 e. The van der Waals surface area contributed by atoms with Crippen LogP contribution >= 0.6 is 0 Å². The Morgan fingerprint density at radius 1 is 1.47 bits per heavy atom. The fraction of sp³-hybridized carbons (Fsp3) is 0.643. The maximum atomic E-state index is 11.3. The summed E-state index contributed by atoms with van der Waals surface area (Å²) in [6.07, 6.45) is 0.342. The van der Waals surface area contributed by atoms with Gasteiger partial charge in [-0.05, 0) is 33.3 Å². The second-order valence-electron chi connectivity index (χ2n) is 4.85. The van der Waals surface area contributed by atoms with Gasteiger partial charge in [0.05, 0.1) is 24.9 Å². The highest BCUT2D eigenvalue weighted by atomic mass is 16.6. The third-order valence-electron chi connectivity index (χ3n) is 2.68. The Morgan fingerprint density at radius 3 is 2.37 bits per heavy atom. The zero-order valence-corrected chi connectivity index (χ0v) is 12.3. The Balaban J connectivity index is 4.83. The van der Waals surface area contributed by atoms with Crippen molar-refractivity contribution in [3.63, 3.8) is 0 Å². The molecule has 0 heterocycles. The van der Waals surface area contributed by atoms with E-state index in [2.05, 4.69) is 11.3 Å². The number of esters is 1. The van der Waals surface area contributed by atoms with E-state index in [4.69, 9.17) is 4.74 Å². The fourth-order valence-electron chi connectivity index (χ4n) is 1.47. The van der Waals surface area contributed by atoms with Gasteiger partial charge in [-0.25, -0.2) is 4.79 Å². The van der Waals surface area contributed by atoms with Gasteiger partial charge >= 0.3 is 5.97 Å². The molecule has 0 saturated carbocycles. The highest BCUT2D eigenvalue weighted by Gasteiger charge is 2.27. The predicted octanol–water partition coefficient (Wildman–Crippen LogP) is 1.55. The zero-order valence-electron chi connectivity index (χ0n) is 12.3. The van der Waals surface area contributed by atoms with Crippen molar-refractivity contribution >= 4 is 5.97 Å². The minimum atomic E-state index is -1.33. The van der Waals surface area contributed by atoms with Gasteiger partial charge in [-0.2, -0.15) is 0 Å². The molecular weight excluding hydrogens is 248 g/mol. The molecule has 0 aliphatic carbocycles. The number of carbonyl (C=O) groups is 1. The first kappa shape index (κ1) is 17.8. The summed E-state index contributed by atoms with van der Waals surface area (Å²) in [5, 5.41) is 19.6. The van der Waals surface area contributed by atoms with Crippen LogP contribution in [0.1, 0.15) is 34.1 Å². The number of aliphatic hydroxyl groups excluding tert-OH is 1. The molecule has 110 valence electrons. The van der Waals surface area contributed by atoms with Gasteiger partial charge in [-0.1, -0.05) is 12.7 Å². The molecular formula is C14H24O5. The second kappa shape index (κ2) is 7.43. The Kier molecular flexibility index (Phi) is 6.97. The molecule has 0 saturated heterocycles. The lowest BCUT2D eigenvalue weighted by molar-refractivity contribution is -0.200. The van der Waals surface area contributed by atoms with E-state index >= 15 is 0 Å². The average molecular weight is 272 g/mol. The lowest BCUT2D eigenvalue weighted by atomic mass is 10.00. The summed E-state index contributed by atoms with van der Waals surface area (Å²) in [7, 11) is 1.22. The number of methoxy groups -OCH3 is 1. The predicted molar refractivity (Wildman–Crippen MR) is 72.4 cm³/mol. The summed E-state index contributed by atoms with van der Waals surface area (Å²) in [5.74, 6) is -1.99. The maximum absolute atomic E-state index is 11.3. The van der Waals surface area contributed by atoms with Crippen LogP contribution in [0.5, 0.6) is 0 Å². The van der Waals surface area contributed by atoms with Gasteiger partial charge in [-0.3, -0.25) is 0 Å². The van der Waals surface area contributed by atoms with E-state index in [0.29, 0.717) is 0 Å². The van der Waals surface area contributed by atoms with E-state index in [9.17, 15) is 15.0 Å². The fourth-order valence-corrected chi connectivity index (χ4v) is 1.47. The van der Waals surface area contributed by atoms with Gasteiger partial charge < -0.3 is 19.7 Å². The standard InChI is InChI=1S/C14H24O5/c1-7-9(2)12(19-14(4,5)17)8-11(15)10(3)13(16)18-6/h7,11-12,15,17H,3,8H2,1-2,4-6H3/b9-7-/t11?,12-/m1/s1. The lowest BCUT2D eigenvalue weighted by Gasteiger charge is -2.28. The van der Waals surface area contributed by atoms with Crippen LogP contribution in [0.25, 0.3) is 0 Å². The molecule has 0 rings (SSSR count). The second-order valence-corrected chi connectivity index (χ2v) is 4.85. The van der Waals surface area contributed by atoms with Crippen molar-refractivity contribution < 1.29 is 24.5 Å². The van der Waals surface area contributed by atoms with Crippen LogP contribution in [0.15, 0.2) is 23.8 Å². The Labute approximate surface area is 114 Å². The molecule has 0 amide bonds. The number of allylic oxidation sites excluding steroid dienone is 1. The van der Waals surface area contributed by atoms with Gasteiger partial charge in [-0.15, -0.1) is 0 Å². The van der Waals surface area contributed by atoms with Gasteiger partial charge in [0.2, 0.25) is 0 Å². The van der Waals surface area contributed by atoms with Crippen LogP contribution in [0.4, 0.5) is 0 Å². The molecule has 5 heteroatoms. The monoisotopic (exact) mass is 272 g/mol. The molecule has 0 aromatic carbocycles. The maximum Gasteiger partial charge on any atom is 0.335 e. The molecule has 0 fully saturated rings. The van der Waals surface area contributed by atoms with Crippen molar-refractivity contribution in [1.29, 1.82) is 0 Å². The highest BCUT2D eigenvalue weighted by molar-refractivity contribution is 5.88. The first-order chi connectivity index (χ1) is 8.62. The third-order valence-corrected chi connectivity index (χ3v) is 2.68. The molecule has 0 bridgehead atoms. The van der Waals surface area contributed by atoms with E-state index in [1.54, 1.807) is 0 Å². The SMILES string of the molecule is C=C(C(=O)OC)C(O)C[C@@H](OC(C)(C)O)/C(C)=C\C. The Morgan fingerprint density at radius 2 is 2.00 bits per heavy atom. The van der Waals surface area contributed by atoms with E-state index in [1.165, 1.54) is 21.0 Å². The summed E-state index contributed by atoms with van der Waals surface area (Å²) in [6, 6.07) is 0. The molecule has 0 aromatic heterocycles.